The highest BCUT2D eigenvalue weighted by molar-refractivity contribution is 5.50. The minimum Gasteiger partial charge on any atom is -0.383 e. The third-order valence-corrected chi connectivity index (χ3v) is 3.93. The fraction of sp³-hybridized carbons (Fsp3) is 0.438. The Kier molecular flexibility index (Phi) is 5.37. The fourth-order valence-electron chi connectivity index (χ4n) is 2.67. The first kappa shape index (κ1) is 16.4. The first-order valence-electron chi connectivity index (χ1n) is 7.95. The lowest BCUT2D eigenvalue weighted by atomic mass is 10.2. The second-order valence-corrected chi connectivity index (χ2v) is 5.48. The molecule has 1 N–H and O–H groups in total. The largest absolute Gasteiger partial charge is 0.383 e. The number of halogens is 1. The van der Waals surface area contributed by atoms with E-state index in [0.29, 0.717) is 24.8 Å². The maximum atomic E-state index is 13.9. The molecule has 8 heteroatoms. The maximum absolute atomic E-state index is 13.9. The van der Waals surface area contributed by atoms with Gasteiger partial charge in [-0.3, -0.25) is 0 Å². The van der Waals surface area contributed by atoms with Crippen molar-refractivity contribution in [2.45, 2.75) is 0 Å². The molecular formula is C16H21FN6O. The summed E-state index contributed by atoms with van der Waals surface area (Å²) in [4.78, 5) is 8.66. The van der Waals surface area contributed by atoms with E-state index in [1.165, 1.54) is 6.07 Å². The van der Waals surface area contributed by atoms with Gasteiger partial charge in [-0.05, 0) is 12.1 Å². The van der Waals surface area contributed by atoms with Gasteiger partial charge >= 0.3 is 0 Å². The summed E-state index contributed by atoms with van der Waals surface area (Å²) in [5, 5.41) is 11.0. The van der Waals surface area contributed by atoms with E-state index >= 15 is 0 Å². The normalized spacial score (nSPS) is 14.8. The summed E-state index contributed by atoms with van der Waals surface area (Å²) in [6.07, 6.45) is 1.65. The standard InChI is InChI=1S/C16H21FN6O/c1-24-11-6-18-16-20-15(12-19-21-16)23-9-7-22(8-10-23)14-5-3-2-4-13(14)17/h2-5,12H,6-11H2,1H3,(H,18,20,21). The monoisotopic (exact) mass is 332 g/mol. The van der Waals surface area contributed by atoms with Crippen LogP contribution in [0, 0.1) is 5.82 Å². The second kappa shape index (κ2) is 7.87. The van der Waals surface area contributed by atoms with Crippen molar-refractivity contribution in [3.63, 3.8) is 0 Å². The van der Waals surface area contributed by atoms with Crippen molar-refractivity contribution in [3.8, 4) is 0 Å². The van der Waals surface area contributed by atoms with Crippen molar-refractivity contribution >= 4 is 17.5 Å². The number of methoxy groups -OCH3 is 1. The Morgan fingerprint density at radius 2 is 1.92 bits per heavy atom. The molecule has 0 saturated carbocycles. The Morgan fingerprint density at radius 1 is 1.17 bits per heavy atom. The lowest BCUT2D eigenvalue weighted by Gasteiger charge is -2.36. The molecule has 1 aromatic carbocycles. The number of benzene rings is 1. The molecule has 0 bridgehead atoms. The molecule has 1 saturated heterocycles. The van der Waals surface area contributed by atoms with Gasteiger partial charge in [-0.2, -0.15) is 10.1 Å². The quantitative estimate of drug-likeness (QED) is 0.802. The molecule has 0 spiro atoms. The average Bonchev–Trinajstić information content (AvgIpc) is 2.63. The van der Waals surface area contributed by atoms with E-state index in [9.17, 15) is 4.39 Å². The van der Waals surface area contributed by atoms with Crippen molar-refractivity contribution < 1.29 is 9.13 Å². The summed E-state index contributed by atoms with van der Waals surface area (Å²) in [7, 11) is 1.65. The Hall–Kier alpha value is -2.48. The molecule has 1 aliphatic rings. The van der Waals surface area contributed by atoms with Gasteiger partial charge in [0.25, 0.3) is 0 Å². The van der Waals surface area contributed by atoms with E-state index in [-0.39, 0.29) is 5.82 Å². The molecular weight excluding hydrogens is 311 g/mol. The number of hydrogen-bond donors (Lipinski definition) is 1. The zero-order valence-electron chi connectivity index (χ0n) is 13.7. The summed E-state index contributed by atoms with van der Waals surface area (Å²) in [5.74, 6) is 1.08. The molecule has 0 atom stereocenters. The Bertz CT molecular complexity index is 663. The summed E-state index contributed by atoms with van der Waals surface area (Å²) >= 11 is 0. The van der Waals surface area contributed by atoms with Crippen molar-refractivity contribution in [2.75, 3.05) is 61.6 Å². The molecule has 2 aromatic rings. The molecule has 2 heterocycles. The maximum Gasteiger partial charge on any atom is 0.244 e. The number of anilines is 3. The number of rotatable bonds is 6. The molecule has 24 heavy (non-hydrogen) atoms. The molecule has 0 unspecified atom stereocenters. The lowest BCUT2D eigenvalue weighted by Crippen LogP contribution is -2.47. The predicted octanol–water partition coefficient (Wildman–Crippen LogP) is 1.40. The van der Waals surface area contributed by atoms with E-state index in [1.54, 1.807) is 19.4 Å². The highest BCUT2D eigenvalue weighted by Crippen LogP contribution is 2.21. The van der Waals surface area contributed by atoms with Crippen LogP contribution in [0.15, 0.2) is 30.5 Å². The first-order chi connectivity index (χ1) is 11.8. The fourth-order valence-corrected chi connectivity index (χ4v) is 2.67. The molecule has 0 amide bonds. The molecule has 128 valence electrons. The van der Waals surface area contributed by atoms with Crippen LogP contribution in [0.5, 0.6) is 0 Å². The van der Waals surface area contributed by atoms with E-state index in [1.807, 2.05) is 12.1 Å². The Balaban J connectivity index is 1.60. The van der Waals surface area contributed by atoms with Crippen LogP contribution in [0.4, 0.5) is 21.8 Å². The molecule has 1 fully saturated rings. The highest BCUT2D eigenvalue weighted by atomic mass is 19.1. The van der Waals surface area contributed by atoms with Crippen LogP contribution >= 0.6 is 0 Å². The smallest absolute Gasteiger partial charge is 0.244 e. The third-order valence-electron chi connectivity index (χ3n) is 3.93. The van der Waals surface area contributed by atoms with Gasteiger partial charge in [-0.15, -0.1) is 5.10 Å². The minimum atomic E-state index is -0.181. The number of para-hydroxylation sites is 1. The van der Waals surface area contributed by atoms with E-state index < -0.39 is 0 Å². The van der Waals surface area contributed by atoms with Crippen molar-refractivity contribution in [1.29, 1.82) is 0 Å². The van der Waals surface area contributed by atoms with Crippen LogP contribution in [0.25, 0.3) is 0 Å². The zero-order chi connectivity index (χ0) is 16.8. The third kappa shape index (κ3) is 3.88. The summed E-state index contributed by atoms with van der Waals surface area (Å²) in [6, 6.07) is 6.87. The Morgan fingerprint density at radius 3 is 2.67 bits per heavy atom. The average molecular weight is 332 g/mol. The van der Waals surface area contributed by atoms with Gasteiger partial charge in [-0.25, -0.2) is 4.39 Å². The van der Waals surface area contributed by atoms with E-state index in [2.05, 4.69) is 30.3 Å². The van der Waals surface area contributed by atoms with Crippen LogP contribution in [0.3, 0.4) is 0 Å². The van der Waals surface area contributed by atoms with Gasteiger partial charge in [0.05, 0.1) is 18.5 Å². The zero-order valence-corrected chi connectivity index (χ0v) is 13.7. The van der Waals surface area contributed by atoms with Gasteiger partial charge in [0.15, 0.2) is 5.82 Å². The Labute approximate surface area is 140 Å². The van der Waals surface area contributed by atoms with Crippen molar-refractivity contribution in [1.82, 2.24) is 15.2 Å². The predicted molar refractivity (Wildman–Crippen MR) is 91.0 cm³/mol. The van der Waals surface area contributed by atoms with E-state index in [4.69, 9.17) is 4.74 Å². The van der Waals surface area contributed by atoms with Gasteiger partial charge < -0.3 is 19.9 Å². The molecule has 1 aliphatic heterocycles. The van der Waals surface area contributed by atoms with Crippen LogP contribution in [-0.4, -0.2) is 61.6 Å². The number of piperazine rings is 1. The number of ether oxygens (including phenoxy) is 1. The number of aromatic nitrogens is 3. The lowest BCUT2D eigenvalue weighted by molar-refractivity contribution is 0.210. The molecule has 1 aromatic heterocycles. The molecule has 0 aliphatic carbocycles. The summed E-state index contributed by atoms with van der Waals surface area (Å²) in [6.45, 7) is 4.18. The van der Waals surface area contributed by atoms with Crippen molar-refractivity contribution in [3.05, 3.63) is 36.3 Å². The first-order valence-corrected chi connectivity index (χ1v) is 7.95. The number of hydrogen-bond acceptors (Lipinski definition) is 7. The van der Waals surface area contributed by atoms with Crippen LogP contribution in [0.1, 0.15) is 0 Å². The number of nitrogens with zero attached hydrogens (tertiary/aromatic N) is 5. The topological polar surface area (TPSA) is 66.4 Å². The molecule has 0 radical (unpaired) electrons. The van der Waals surface area contributed by atoms with Gasteiger partial charge in [-0.1, -0.05) is 12.1 Å². The number of nitrogens with one attached hydrogen (secondary N) is 1. The van der Waals surface area contributed by atoms with Crippen molar-refractivity contribution in [2.24, 2.45) is 0 Å². The van der Waals surface area contributed by atoms with Crippen LogP contribution in [0.2, 0.25) is 0 Å². The van der Waals surface area contributed by atoms with E-state index in [0.717, 1.165) is 32.0 Å². The molecule has 7 nitrogen and oxygen atoms in total. The highest BCUT2D eigenvalue weighted by Gasteiger charge is 2.20. The summed E-state index contributed by atoms with van der Waals surface area (Å²) < 4.78 is 18.9. The summed E-state index contributed by atoms with van der Waals surface area (Å²) in [5.41, 5.74) is 0.653. The van der Waals surface area contributed by atoms with Crippen LogP contribution in [-0.2, 0) is 4.74 Å². The van der Waals surface area contributed by atoms with Gasteiger partial charge in [0.1, 0.15) is 5.82 Å². The minimum absolute atomic E-state index is 0.181. The van der Waals surface area contributed by atoms with Gasteiger partial charge in [0.2, 0.25) is 5.95 Å². The van der Waals surface area contributed by atoms with Crippen LogP contribution < -0.4 is 15.1 Å². The second-order valence-electron chi connectivity index (χ2n) is 5.48. The molecule has 3 rings (SSSR count). The van der Waals surface area contributed by atoms with Gasteiger partial charge in [0, 0.05) is 39.8 Å². The SMILES string of the molecule is COCCNc1nncc(N2CCN(c3ccccc3F)CC2)n1.